The van der Waals surface area contributed by atoms with E-state index in [1.807, 2.05) is 85.4 Å². The number of carbonyl (C=O) groups excluding carboxylic acids is 1. The molecular formula is C31H24N6O. The number of nitrogens with one attached hydrogen (secondary N) is 2. The van der Waals surface area contributed by atoms with Crippen LogP contribution >= 0.6 is 0 Å². The molecule has 0 atom stereocenters. The summed E-state index contributed by atoms with van der Waals surface area (Å²) < 4.78 is 1.87. The number of nitriles is 1. The Kier molecular flexibility index (Phi) is 5.70. The van der Waals surface area contributed by atoms with Gasteiger partial charge in [0, 0.05) is 22.7 Å². The first-order valence-corrected chi connectivity index (χ1v) is 12.3. The Morgan fingerprint density at radius 2 is 1.84 bits per heavy atom. The third-order valence-electron chi connectivity index (χ3n) is 6.85. The molecule has 184 valence electrons. The SMILES string of the molecule is Cc1nn(Cc2ccc(C#N)cc2)c(C)c1NC(=O)c1cc(-c2ccc3cc[nH]c3c2)nc2ccccc12. The molecule has 0 saturated carbocycles. The fourth-order valence-electron chi connectivity index (χ4n) is 4.79. The minimum Gasteiger partial charge on any atom is -0.361 e. The van der Waals surface area contributed by atoms with E-state index in [0.29, 0.717) is 23.4 Å². The molecule has 0 aliphatic rings. The highest BCUT2D eigenvalue weighted by atomic mass is 16.1. The summed E-state index contributed by atoms with van der Waals surface area (Å²) in [4.78, 5) is 21.8. The summed E-state index contributed by atoms with van der Waals surface area (Å²) in [6.45, 7) is 4.37. The number of pyridine rings is 1. The molecule has 3 aromatic heterocycles. The minimum atomic E-state index is -0.213. The zero-order valence-corrected chi connectivity index (χ0v) is 21.0. The van der Waals surface area contributed by atoms with Gasteiger partial charge >= 0.3 is 0 Å². The lowest BCUT2D eigenvalue weighted by atomic mass is 10.0. The summed E-state index contributed by atoms with van der Waals surface area (Å²) in [6.07, 6.45) is 1.91. The number of carbonyl (C=O) groups is 1. The van der Waals surface area contributed by atoms with Gasteiger partial charge < -0.3 is 10.3 Å². The first-order chi connectivity index (χ1) is 18.5. The van der Waals surface area contributed by atoms with E-state index in [9.17, 15) is 4.79 Å². The molecule has 6 rings (SSSR count). The van der Waals surface area contributed by atoms with Gasteiger partial charge in [-0.15, -0.1) is 0 Å². The number of anilines is 1. The zero-order chi connectivity index (χ0) is 26.2. The van der Waals surface area contributed by atoms with Crippen LogP contribution in [0.2, 0.25) is 0 Å². The van der Waals surface area contributed by atoms with Crippen molar-refractivity contribution in [1.82, 2.24) is 19.7 Å². The maximum Gasteiger partial charge on any atom is 0.256 e. The lowest BCUT2D eigenvalue weighted by Gasteiger charge is -2.11. The molecule has 0 aliphatic heterocycles. The van der Waals surface area contributed by atoms with E-state index in [1.54, 1.807) is 12.1 Å². The summed E-state index contributed by atoms with van der Waals surface area (Å²) in [6, 6.07) is 27.3. The highest BCUT2D eigenvalue weighted by Crippen LogP contribution is 2.29. The Bertz CT molecular complexity index is 1870. The molecule has 7 nitrogen and oxygen atoms in total. The summed E-state index contributed by atoms with van der Waals surface area (Å²) in [5, 5.41) is 18.7. The van der Waals surface area contributed by atoms with E-state index in [4.69, 9.17) is 10.2 Å². The highest BCUT2D eigenvalue weighted by molar-refractivity contribution is 6.13. The van der Waals surface area contributed by atoms with Crippen LogP contribution in [0.15, 0.2) is 85.1 Å². The summed E-state index contributed by atoms with van der Waals surface area (Å²) in [5.74, 6) is -0.213. The normalized spacial score (nSPS) is 11.1. The molecule has 6 aromatic rings. The van der Waals surface area contributed by atoms with Gasteiger partial charge in [-0.05, 0) is 61.2 Å². The second kappa shape index (κ2) is 9.34. The largest absolute Gasteiger partial charge is 0.361 e. The number of aryl methyl sites for hydroxylation is 1. The van der Waals surface area contributed by atoms with Crippen LogP contribution in [0.3, 0.4) is 0 Å². The van der Waals surface area contributed by atoms with Crippen molar-refractivity contribution >= 4 is 33.4 Å². The number of nitrogens with zero attached hydrogens (tertiary/aromatic N) is 4. The molecule has 0 fully saturated rings. The molecule has 7 heteroatoms. The molecule has 38 heavy (non-hydrogen) atoms. The number of aromatic amines is 1. The Balaban J connectivity index is 1.35. The van der Waals surface area contributed by atoms with Crippen molar-refractivity contribution < 1.29 is 4.79 Å². The molecule has 0 spiro atoms. The predicted octanol–water partition coefficient (Wildman–Crippen LogP) is 6.37. The number of benzene rings is 3. The smallest absolute Gasteiger partial charge is 0.256 e. The molecule has 0 aliphatic carbocycles. The van der Waals surface area contributed by atoms with Gasteiger partial charge in [0.15, 0.2) is 0 Å². The third kappa shape index (κ3) is 4.18. The van der Waals surface area contributed by atoms with Crippen LogP contribution in [0.25, 0.3) is 33.1 Å². The van der Waals surface area contributed by atoms with Crippen LogP contribution in [-0.2, 0) is 6.54 Å². The van der Waals surface area contributed by atoms with Gasteiger partial charge in [-0.3, -0.25) is 9.48 Å². The van der Waals surface area contributed by atoms with Gasteiger partial charge in [0.25, 0.3) is 5.91 Å². The van der Waals surface area contributed by atoms with Gasteiger partial charge in [0.2, 0.25) is 0 Å². The average Bonchev–Trinajstić information content (AvgIpc) is 3.52. The number of aromatic nitrogens is 4. The quantitative estimate of drug-likeness (QED) is 0.290. The second-order valence-electron chi connectivity index (χ2n) is 9.32. The van der Waals surface area contributed by atoms with Crippen LogP contribution in [0.4, 0.5) is 5.69 Å². The predicted molar refractivity (Wildman–Crippen MR) is 149 cm³/mol. The number of fused-ring (bicyclic) bond motifs is 2. The average molecular weight is 497 g/mol. The van der Waals surface area contributed by atoms with E-state index in [-0.39, 0.29) is 5.91 Å². The van der Waals surface area contributed by atoms with Gasteiger partial charge in [0.1, 0.15) is 0 Å². The third-order valence-corrected chi connectivity index (χ3v) is 6.85. The molecular weight excluding hydrogens is 472 g/mol. The fraction of sp³-hybridized carbons (Fsp3) is 0.0968. The zero-order valence-electron chi connectivity index (χ0n) is 21.0. The van der Waals surface area contributed by atoms with Crippen LogP contribution < -0.4 is 5.32 Å². The molecule has 3 aromatic carbocycles. The maximum atomic E-state index is 13.7. The summed E-state index contributed by atoms with van der Waals surface area (Å²) in [7, 11) is 0. The molecule has 0 unspecified atom stereocenters. The van der Waals surface area contributed by atoms with Crippen molar-refractivity contribution in [2.75, 3.05) is 5.32 Å². The van der Waals surface area contributed by atoms with Crippen molar-refractivity contribution in [2.45, 2.75) is 20.4 Å². The van der Waals surface area contributed by atoms with Gasteiger partial charge in [-0.2, -0.15) is 10.4 Å². The number of H-pyrrole nitrogens is 1. The monoisotopic (exact) mass is 496 g/mol. The van der Waals surface area contributed by atoms with Crippen LogP contribution in [0, 0.1) is 25.2 Å². The van der Waals surface area contributed by atoms with Gasteiger partial charge in [-0.1, -0.05) is 42.5 Å². The lowest BCUT2D eigenvalue weighted by molar-refractivity contribution is 0.102. The number of para-hydroxylation sites is 1. The summed E-state index contributed by atoms with van der Waals surface area (Å²) >= 11 is 0. The Morgan fingerprint density at radius 1 is 1.03 bits per heavy atom. The molecule has 0 saturated heterocycles. The first kappa shape index (κ1) is 23.2. The van der Waals surface area contributed by atoms with Crippen LogP contribution in [0.5, 0.6) is 0 Å². The molecule has 0 bridgehead atoms. The molecule has 1 amide bonds. The van der Waals surface area contributed by atoms with Gasteiger partial charge in [0.05, 0.1) is 52.0 Å². The number of rotatable bonds is 5. The second-order valence-corrected chi connectivity index (χ2v) is 9.32. The van der Waals surface area contributed by atoms with Crippen molar-refractivity contribution in [1.29, 1.82) is 5.26 Å². The standard InChI is InChI=1S/C31H24N6O/c1-19-30(20(2)37(36-19)18-22-9-7-21(17-32)8-10-22)35-31(38)26-16-29(34-27-6-4-3-5-25(26)27)24-12-11-23-13-14-33-28(23)15-24/h3-16,33H,18H2,1-2H3,(H,35,38). The summed E-state index contributed by atoms with van der Waals surface area (Å²) in [5.41, 5.74) is 7.92. The Hall–Kier alpha value is -5.22. The highest BCUT2D eigenvalue weighted by Gasteiger charge is 2.19. The number of hydrogen-bond donors (Lipinski definition) is 2. The molecule has 0 radical (unpaired) electrons. The number of hydrogen-bond acceptors (Lipinski definition) is 4. The van der Waals surface area contributed by atoms with E-state index < -0.39 is 0 Å². The van der Waals surface area contributed by atoms with E-state index >= 15 is 0 Å². The van der Waals surface area contributed by atoms with E-state index in [1.165, 1.54) is 0 Å². The van der Waals surface area contributed by atoms with Crippen molar-refractivity contribution in [3.05, 3.63) is 113 Å². The Labute approximate surface area is 219 Å². The Morgan fingerprint density at radius 3 is 2.66 bits per heavy atom. The van der Waals surface area contributed by atoms with Crippen molar-refractivity contribution in [2.24, 2.45) is 0 Å². The van der Waals surface area contributed by atoms with E-state index in [0.717, 1.165) is 50.0 Å². The molecule has 2 N–H and O–H groups in total. The van der Waals surface area contributed by atoms with Crippen LogP contribution in [-0.4, -0.2) is 25.7 Å². The fourth-order valence-corrected chi connectivity index (χ4v) is 4.79. The van der Waals surface area contributed by atoms with Crippen molar-refractivity contribution in [3.63, 3.8) is 0 Å². The first-order valence-electron chi connectivity index (χ1n) is 12.3. The molecule has 3 heterocycles. The minimum absolute atomic E-state index is 0.213. The topological polar surface area (TPSA) is 99.4 Å². The lowest BCUT2D eigenvalue weighted by Crippen LogP contribution is -2.14. The van der Waals surface area contributed by atoms with E-state index in [2.05, 4.69) is 27.5 Å². The van der Waals surface area contributed by atoms with Crippen LogP contribution in [0.1, 0.15) is 32.9 Å². The van der Waals surface area contributed by atoms with Gasteiger partial charge in [-0.25, -0.2) is 4.98 Å². The number of amides is 1. The van der Waals surface area contributed by atoms with Crippen molar-refractivity contribution in [3.8, 4) is 17.3 Å². The maximum absolute atomic E-state index is 13.7.